The molecule has 1 amide bonds. The van der Waals surface area contributed by atoms with Crippen LogP contribution in [-0.2, 0) is 0 Å². The van der Waals surface area contributed by atoms with Crippen LogP contribution in [-0.4, -0.2) is 27.9 Å². The number of thiazole rings is 1. The molecule has 0 saturated carbocycles. The normalized spacial score (nSPS) is 10.6. The van der Waals surface area contributed by atoms with Crippen LogP contribution in [0.25, 0.3) is 10.2 Å². The van der Waals surface area contributed by atoms with E-state index in [9.17, 15) is 4.79 Å². The van der Waals surface area contributed by atoms with E-state index in [-0.39, 0.29) is 11.6 Å². The summed E-state index contributed by atoms with van der Waals surface area (Å²) < 4.78 is 1.04. The molecule has 0 fully saturated rings. The van der Waals surface area contributed by atoms with Crippen molar-refractivity contribution in [3.63, 3.8) is 0 Å². The van der Waals surface area contributed by atoms with E-state index in [1.54, 1.807) is 13.2 Å². The smallest absolute Gasteiger partial charge is 0.277 e. The van der Waals surface area contributed by atoms with Gasteiger partial charge in [-0.2, -0.15) is 0 Å². The lowest BCUT2D eigenvalue weighted by molar-refractivity contribution is 0.102. The molecule has 1 aromatic carbocycles. The Morgan fingerprint density at radius 3 is 2.90 bits per heavy atom. The van der Waals surface area contributed by atoms with E-state index in [1.807, 2.05) is 25.1 Å². The number of carbonyl (C=O) groups excluding carboxylic acids is 1. The molecule has 21 heavy (non-hydrogen) atoms. The van der Waals surface area contributed by atoms with E-state index < -0.39 is 0 Å². The molecule has 2 heterocycles. The minimum Gasteiger partial charge on any atom is -0.372 e. The van der Waals surface area contributed by atoms with Crippen LogP contribution in [0.5, 0.6) is 0 Å². The van der Waals surface area contributed by atoms with E-state index in [1.165, 1.54) is 17.5 Å². The highest BCUT2D eigenvalue weighted by Gasteiger charge is 2.12. The summed E-state index contributed by atoms with van der Waals surface area (Å²) in [5.74, 6) is 0.220. The van der Waals surface area contributed by atoms with Crippen molar-refractivity contribution < 1.29 is 4.79 Å². The van der Waals surface area contributed by atoms with Gasteiger partial charge in [-0.25, -0.2) is 9.97 Å². The zero-order valence-electron chi connectivity index (χ0n) is 11.5. The number of hydrogen-bond acceptors (Lipinski definition) is 6. The quantitative estimate of drug-likeness (QED) is 0.777. The molecular formula is C14H13N5OS. The summed E-state index contributed by atoms with van der Waals surface area (Å²) in [5, 5.41) is 6.16. The summed E-state index contributed by atoms with van der Waals surface area (Å²) >= 11 is 1.44. The van der Waals surface area contributed by atoms with Gasteiger partial charge in [-0.15, -0.1) is 0 Å². The summed E-state index contributed by atoms with van der Waals surface area (Å²) in [7, 11) is 1.72. The van der Waals surface area contributed by atoms with Crippen molar-refractivity contribution in [3.8, 4) is 0 Å². The van der Waals surface area contributed by atoms with Gasteiger partial charge in [-0.05, 0) is 24.6 Å². The molecular weight excluding hydrogens is 286 g/mol. The summed E-state index contributed by atoms with van der Waals surface area (Å²) in [5.41, 5.74) is 2.28. The lowest BCUT2D eigenvalue weighted by Gasteiger charge is -2.02. The van der Waals surface area contributed by atoms with Gasteiger partial charge in [0, 0.05) is 7.05 Å². The highest BCUT2D eigenvalue weighted by molar-refractivity contribution is 7.22. The first kappa shape index (κ1) is 13.4. The Morgan fingerprint density at radius 1 is 1.24 bits per heavy atom. The van der Waals surface area contributed by atoms with Gasteiger partial charge in [0.05, 0.1) is 22.6 Å². The zero-order chi connectivity index (χ0) is 14.8. The van der Waals surface area contributed by atoms with E-state index in [4.69, 9.17) is 0 Å². The van der Waals surface area contributed by atoms with Crippen molar-refractivity contribution in [2.24, 2.45) is 0 Å². The summed E-state index contributed by atoms with van der Waals surface area (Å²) in [6.07, 6.45) is 2.98. The third-order valence-corrected chi connectivity index (χ3v) is 3.82. The fourth-order valence-electron chi connectivity index (χ4n) is 1.84. The van der Waals surface area contributed by atoms with Crippen molar-refractivity contribution >= 4 is 38.4 Å². The molecule has 0 bridgehead atoms. The monoisotopic (exact) mass is 299 g/mol. The third kappa shape index (κ3) is 2.82. The topological polar surface area (TPSA) is 79.8 Å². The number of anilines is 2. The largest absolute Gasteiger partial charge is 0.372 e. The Balaban J connectivity index is 1.85. The molecule has 3 aromatic rings. The standard InChI is InChI=1S/C14H13N5OS/c1-8-3-4-9-11(5-8)21-14(18-9)19-13(20)10-6-16-7-12(15-2)17-10/h3-7H,1-2H3,(H,15,17)(H,18,19,20). The number of carbonyl (C=O) groups is 1. The number of aryl methyl sites for hydroxylation is 1. The number of nitrogens with one attached hydrogen (secondary N) is 2. The van der Waals surface area contributed by atoms with Crippen LogP contribution in [0.15, 0.2) is 30.6 Å². The van der Waals surface area contributed by atoms with Crippen molar-refractivity contribution in [1.82, 2.24) is 15.0 Å². The number of benzene rings is 1. The van der Waals surface area contributed by atoms with Gasteiger partial charge in [-0.3, -0.25) is 15.1 Å². The Hall–Kier alpha value is -2.54. The average Bonchev–Trinajstić information content (AvgIpc) is 2.88. The third-order valence-electron chi connectivity index (χ3n) is 2.89. The molecule has 6 nitrogen and oxygen atoms in total. The van der Waals surface area contributed by atoms with Crippen molar-refractivity contribution in [2.75, 3.05) is 17.7 Å². The molecule has 106 valence electrons. The lowest BCUT2D eigenvalue weighted by atomic mass is 10.2. The van der Waals surface area contributed by atoms with Gasteiger partial charge in [-0.1, -0.05) is 17.4 Å². The number of rotatable bonds is 3. The zero-order valence-corrected chi connectivity index (χ0v) is 12.4. The molecule has 0 spiro atoms. The fourth-order valence-corrected chi connectivity index (χ4v) is 2.80. The molecule has 0 aliphatic heterocycles. The first-order valence-corrected chi connectivity index (χ1v) is 7.16. The maximum atomic E-state index is 12.2. The van der Waals surface area contributed by atoms with E-state index in [0.29, 0.717) is 10.9 Å². The van der Waals surface area contributed by atoms with Crippen molar-refractivity contribution in [3.05, 3.63) is 41.9 Å². The predicted octanol–water partition coefficient (Wildman–Crippen LogP) is 2.69. The molecule has 0 aliphatic carbocycles. The van der Waals surface area contributed by atoms with Crippen LogP contribution in [0.1, 0.15) is 16.1 Å². The van der Waals surface area contributed by atoms with Crippen LogP contribution in [0.3, 0.4) is 0 Å². The van der Waals surface area contributed by atoms with Gasteiger partial charge in [0.15, 0.2) is 5.13 Å². The average molecular weight is 299 g/mol. The number of aromatic nitrogens is 3. The number of nitrogens with zero attached hydrogens (tertiary/aromatic N) is 3. The van der Waals surface area contributed by atoms with Crippen LogP contribution >= 0.6 is 11.3 Å². The minimum atomic E-state index is -0.324. The van der Waals surface area contributed by atoms with Crippen LogP contribution in [0, 0.1) is 6.92 Å². The number of fused-ring (bicyclic) bond motifs is 1. The van der Waals surface area contributed by atoms with E-state index in [2.05, 4.69) is 25.6 Å². The molecule has 0 unspecified atom stereocenters. The van der Waals surface area contributed by atoms with Crippen molar-refractivity contribution in [1.29, 1.82) is 0 Å². The molecule has 0 atom stereocenters. The maximum absolute atomic E-state index is 12.2. The van der Waals surface area contributed by atoms with Crippen LogP contribution < -0.4 is 10.6 Å². The predicted molar refractivity (Wildman–Crippen MR) is 83.9 cm³/mol. The Bertz CT molecular complexity index is 814. The first-order valence-electron chi connectivity index (χ1n) is 6.34. The summed E-state index contributed by atoms with van der Waals surface area (Å²) in [6, 6.07) is 5.98. The lowest BCUT2D eigenvalue weighted by Crippen LogP contribution is -2.14. The molecule has 2 N–H and O–H groups in total. The van der Waals surface area contributed by atoms with Crippen LogP contribution in [0.4, 0.5) is 10.9 Å². The number of amides is 1. The van der Waals surface area contributed by atoms with E-state index in [0.717, 1.165) is 15.8 Å². The fraction of sp³-hybridized carbons (Fsp3) is 0.143. The summed E-state index contributed by atoms with van der Waals surface area (Å²) in [4.78, 5) is 24.7. The molecule has 0 saturated heterocycles. The second kappa shape index (κ2) is 5.45. The second-order valence-corrected chi connectivity index (χ2v) is 5.51. The van der Waals surface area contributed by atoms with Gasteiger partial charge in [0.2, 0.25) is 0 Å². The highest BCUT2D eigenvalue weighted by atomic mass is 32.1. The SMILES string of the molecule is CNc1cncc(C(=O)Nc2nc3ccc(C)cc3s2)n1. The Labute approximate surface area is 125 Å². The molecule has 2 aromatic heterocycles. The number of hydrogen-bond donors (Lipinski definition) is 2. The Morgan fingerprint density at radius 2 is 2.10 bits per heavy atom. The van der Waals surface area contributed by atoms with E-state index >= 15 is 0 Å². The highest BCUT2D eigenvalue weighted by Crippen LogP contribution is 2.26. The van der Waals surface area contributed by atoms with Gasteiger partial charge < -0.3 is 5.32 Å². The summed E-state index contributed by atoms with van der Waals surface area (Å²) in [6.45, 7) is 2.02. The molecule has 0 aliphatic rings. The molecule has 0 radical (unpaired) electrons. The first-order chi connectivity index (χ1) is 10.2. The van der Waals surface area contributed by atoms with Crippen LogP contribution in [0.2, 0.25) is 0 Å². The maximum Gasteiger partial charge on any atom is 0.277 e. The van der Waals surface area contributed by atoms with Crippen molar-refractivity contribution in [2.45, 2.75) is 6.92 Å². The second-order valence-electron chi connectivity index (χ2n) is 4.48. The Kier molecular flexibility index (Phi) is 3.49. The van der Waals surface area contributed by atoms with Gasteiger partial charge in [0.25, 0.3) is 5.91 Å². The minimum absolute atomic E-state index is 0.247. The molecule has 7 heteroatoms. The van der Waals surface area contributed by atoms with Gasteiger partial charge in [0.1, 0.15) is 11.5 Å². The molecule has 3 rings (SSSR count). The van der Waals surface area contributed by atoms with Gasteiger partial charge >= 0.3 is 0 Å².